The van der Waals surface area contributed by atoms with E-state index in [0.29, 0.717) is 6.61 Å². The van der Waals surface area contributed by atoms with Gasteiger partial charge in [0.05, 0.1) is 0 Å². The van der Waals surface area contributed by atoms with Gasteiger partial charge in [-0.3, -0.25) is 0 Å². The molecule has 3 rings (SSSR count). The fraction of sp³-hybridized carbons (Fsp3) is 0.176. The van der Waals surface area contributed by atoms with Gasteiger partial charge in [0.25, 0.3) is 0 Å². The molecule has 0 amide bonds. The SMILES string of the molecule is Cc1ccc(OCc2cc3ccc(C)cc3s2)cc1. The van der Waals surface area contributed by atoms with Crippen LogP contribution in [0.2, 0.25) is 0 Å². The van der Waals surface area contributed by atoms with Gasteiger partial charge >= 0.3 is 0 Å². The van der Waals surface area contributed by atoms with E-state index in [1.807, 2.05) is 23.5 Å². The van der Waals surface area contributed by atoms with E-state index in [2.05, 4.69) is 50.2 Å². The molecule has 0 saturated heterocycles. The highest BCUT2D eigenvalue weighted by molar-refractivity contribution is 7.19. The fourth-order valence-electron chi connectivity index (χ4n) is 2.05. The lowest BCUT2D eigenvalue weighted by Crippen LogP contribution is -1.92. The predicted octanol–water partition coefficient (Wildman–Crippen LogP) is 5.10. The van der Waals surface area contributed by atoms with Crippen LogP contribution in [0.4, 0.5) is 0 Å². The maximum Gasteiger partial charge on any atom is 0.122 e. The van der Waals surface area contributed by atoms with Crippen molar-refractivity contribution in [2.45, 2.75) is 20.5 Å². The Labute approximate surface area is 117 Å². The molecule has 96 valence electrons. The number of rotatable bonds is 3. The van der Waals surface area contributed by atoms with Crippen molar-refractivity contribution in [3.8, 4) is 5.75 Å². The van der Waals surface area contributed by atoms with E-state index in [1.54, 1.807) is 0 Å². The zero-order chi connectivity index (χ0) is 13.2. The van der Waals surface area contributed by atoms with Gasteiger partial charge in [0.2, 0.25) is 0 Å². The largest absolute Gasteiger partial charge is 0.488 e. The summed E-state index contributed by atoms with van der Waals surface area (Å²) in [6, 6.07) is 17.0. The van der Waals surface area contributed by atoms with E-state index in [0.717, 1.165) is 5.75 Å². The molecule has 0 bridgehead atoms. The maximum absolute atomic E-state index is 5.82. The summed E-state index contributed by atoms with van der Waals surface area (Å²) < 4.78 is 7.15. The summed E-state index contributed by atoms with van der Waals surface area (Å²) in [4.78, 5) is 1.26. The number of ether oxygens (including phenoxy) is 1. The average Bonchev–Trinajstić information content (AvgIpc) is 2.80. The highest BCUT2D eigenvalue weighted by Crippen LogP contribution is 2.27. The van der Waals surface area contributed by atoms with Gasteiger partial charge in [-0.25, -0.2) is 0 Å². The molecular weight excluding hydrogens is 252 g/mol. The van der Waals surface area contributed by atoms with Crippen LogP contribution in [0, 0.1) is 13.8 Å². The standard InChI is InChI=1S/C17H16OS/c1-12-4-7-15(8-5-12)18-11-16-10-14-6-3-13(2)9-17(14)19-16/h3-10H,11H2,1-2H3. The average molecular weight is 268 g/mol. The van der Waals surface area contributed by atoms with Crippen molar-refractivity contribution in [3.05, 3.63) is 64.5 Å². The number of fused-ring (bicyclic) bond motifs is 1. The first kappa shape index (κ1) is 12.2. The molecule has 0 aliphatic heterocycles. The second kappa shape index (κ2) is 5.06. The van der Waals surface area contributed by atoms with Crippen LogP contribution < -0.4 is 4.74 Å². The molecule has 0 radical (unpaired) electrons. The lowest BCUT2D eigenvalue weighted by Gasteiger charge is -2.04. The van der Waals surface area contributed by atoms with Crippen LogP contribution in [0.15, 0.2) is 48.5 Å². The quantitative estimate of drug-likeness (QED) is 0.642. The van der Waals surface area contributed by atoms with Crippen LogP contribution in [-0.2, 0) is 6.61 Å². The normalized spacial score (nSPS) is 10.8. The monoisotopic (exact) mass is 268 g/mol. The first-order valence-corrected chi connectivity index (χ1v) is 7.21. The van der Waals surface area contributed by atoms with E-state index < -0.39 is 0 Å². The molecule has 19 heavy (non-hydrogen) atoms. The van der Waals surface area contributed by atoms with Crippen molar-refractivity contribution in [2.24, 2.45) is 0 Å². The number of hydrogen-bond donors (Lipinski definition) is 0. The molecule has 0 spiro atoms. The van der Waals surface area contributed by atoms with Gasteiger partial charge in [0.1, 0.15) is 12.4 Å². The molecule has 1 aromatic heterocycles. The third-order valence-corrected chi connectivity index (χ3v) is 4.20. The van der Waals surface area contributed by atoms with Crippen LogP contribution in [0.1, 0.15) is 16.0 Å². The number of thiophene rings is 1. The van der Waals surface area contributed by atoms with E-state index in [4.69, 9.17) is 4.74 Å². The lowest BCUT2D eigenvalue weighted by atomic mass is 10.2. The van der Waals surface area contributed by atoms with Gasteiger partial charge in [0, 0.05) is 9.58 Å². The molecule has 0 saturated carbocycles. The summed E-state index contributed by atoms with van der Waals surface area (Å²) in [6.45, 7) is 4.85. The van der Waals surface area contributed by atoms with Crippen LogP contribution >= 0.6 is 11.3 Å². The second-order valence-corrected chi connectivity index (χ2v) is 6.02. The fourth-order valence-corrected chi connectivity index (χ4v) is 3.13. The van der Waals surface area contributed by atoms with Gasteiger partial charge in [-0.05, 0) is 49.1 Å². The van der Waals surface area contributed by atoms with Crippen molar-refractivity contribution >= 4 is 21.4 Å². The van der Waals surface area contributed by atoms with Crippen molar-refractivity contribution in [1.82, 2.24) is 0 Å². The molecule has 1 heterocycles. The highest BCUT2D eigenvalue weighted by atomic mass is 32.1. The predicted molar refractivity (Wildman–Crippen MR) is 82.1 cm³/mol. The minimum atomic E-state index is 0.640. The Morgan fingerprint density at radius 1 is 0.895 bits per heavy atom. The van der Waals surface area contributed by atoms with E-state index in [1.165, 1.54) is 26.1 Å². The number of aryl methyl sites for hydroxylation is 2. The Morgan fingerprint density at radius 2 is 1.63 bits per heavy atom. The molecule has 0 unspecified atom stereocenters. The topological polar surface area (TPSA) is 9.23 Å². The minimum Gasteiger partial charge on any atom is -0.488 e. The van der Waals surface area contributed by atoms with Gasteiger partial charge in [0.15, 0.2) is 0 Å². The molecule has 0 aliphatic carbocycles. The first-order chi connectivity index (χ1) is 9.20. The smallest absolute Gasteiger partial charge is 0.122 e. The van der Waals surface area contributed by atoms with Crippen LogP contribution in [0.5, 0.6) is 5.75 Å². The summed E-state index contributed by atoms with van der Waals surface area (Å²) in [7, 11) is 0. The third-order valence-electron chi connectivity index (χ3n) is 3.13. The molecular formula is C17H16OS. The van der Waals surface area contributed by atoms with Crippen LogP contribution in [-0.4, -0.2) is 0 Å². The summed E-state index contributed by atoms with van der Waals surface area (Å²) in [5.41, 5.74) is 2.56. The Morgan fingerprint density at radius 3 is 2.42 bits per heavy atom. The van der Waals surface area contributed by atoms with Gasteiger partial charge in [-0.15, -0.1) is 11.3 Å². The summed E-state index contributed by atoms with van der Waals surface area (Å²) in [5, 5.41) is 1.30. The van der Waals surface area contributed by atoms with E-state index in [-0.39, 0.29) is 0 Å². The Bertz CT molecular complexity index is 695. The van der Waals surface area contributed by atoms with Crippen molar-refractivity contribution < 1.29 is 4.74 Å². The Hall–Kier alpha value is -1.80. The summed E-state index contributed by atoms with van der Waals surface area (Å²) >= 11 is 1.81. The van der Waals surface area contributed by atoms with Crippen molar-refractivity contribution in [2.75, 3.05) is 0 Å². The first-order valence-electron chi connectivity index (χ1n) is 6.39. The highest BCUT2D eigenvalue weighted by Gasteiger charge is 2.03. The number of hydrogen-bond acceptors (Lipinski definition) is 2. The minimum absolute atomic E-state index is 0.640. The molecule has 0 N–H and O–H groups in total. The van der Waals surface area contributed by atoms with Crippen LogP contribution in [0.3, 0.4) is 0 Å². The van der Waals surface area contributed by atoms with Gasteiger partial charge in [-0.1, -0.05) is 29.8 Å². The van der Waals surface area contributed by atoms with Gasteiger partial charge in [-0.2, -0.15) is 0 Å². The third kappa shape index (κ3) is 2.79. The molecule has 2 heteroatoms. The lowest BCUT2D eigenvalue weighted by molar-refractivity contribution is 0.310. The zero-order valence-corrected chi connectivity index (χ0v) is 12.0. The van der Waals surface area contributed by atoms with Gasteiger partial charge < -0.3 is 4.74 Å². The summed E-state index contributed by atoms with van der Waals surface area (Å²) in [5.74, 6) is 0.930. The van der Waals surface area contributed by atoms with E-state index >= 15 is 0 Å². The second-order valence-electron chi connectivity index (χ2n) is 4.86. The van der Waals surface area contributed by atoms with Crippen molar-refractivity contribution in [3.63, 3.8) is 0 Å². The van der Waals surface area contributed by atoms with Crippen molar-refractivity contribution in [1.29, 1.82) is 0 Å². The molecule has 0 aliphatic rings. The summed E-state index contributed by atoms with van der Waals surface area (Å²) in [6.07, 6.45) is 0. The number of benzene rings is 2. The Balaban J connectivity index is 1.76. The van der Waals surface area contributed by atoms with Crippen LogP contribution in [0.25, 0.3) is 10.1 Å². The molecule has 2 aromatic carbocycles. The zero-order valence-electron chi connectivity index (χ0n) is 11.1. The molecule has 0 atom stereocenters. The molecule has 3 aromatic rings. The molecule has 0 fully saturated rings. The maximum atomic E-state index is 5.82. The molecule has 1 nitrogen and oxygen atoms in total. The Kier molecular flexibility index (Phi) is 3.26. The van der Waals surface area contributed by atoms with E-state index in [9.17, 15) is 0 Å².